The number of ether oxygens (including phenoxy) is 1. The second-order valence-corrected chi connectivity index (χ2v) is 10.2. The molecule has 5 aromatic rings. The van der Waals surface area contributed by atoms with Gasteiger partial charge in [0.2, 0.25) is 0 Å². The smallest absolute Gasteiger partial charge is 0.354 e. The van der Waals surface area contributed by atoms with Crippen molar-refractivity contribution in [3.8, 4) is 28.4 Å². The van der Waals surface area contributed by atoms with E-state index < -0.39 is 16.9 Å². The van der Waals surface area contributed by atoms with Crippen LogP contribution in [0.3, 0.4) is 0 Å². The van der Waals surface area contributed by atoms with Crippen LogP contribution in [-0.2, 0) is 12.8 Å². The van der Waals surface area contributed by atoms with Gasteiger partial charge in [0.15, 0.2) is 11.3 Å². The van der Waals surface area contributed by atoms with E-state index in [1.807, 2.05) is 48.5 Å². The number of fused-ring (bicyclic) bond motifs is 5. The summed E-state index contributed by atoms with van der Waals surface area (Å²) in [6, 6.07) is 21.9. The van der Waals surface area contributed by atoms with Gasteiger partial charge in [0.25, 0.3) is 5.56 Å². The quantitative estimate of drug-likeness (QED) is 0.297. The van der Waals surface area contributed by atoms with E-state index in [1.54, 1.807) is 35.9 Å². The van der Waals surface area contributed by atoms with Crippen LogP contribution in [0.15, 0.2) is 96.6 Å². The van der Waals surface area contributed by atoms with Gasteiger partial charge >= 0.3 is 5.63 Å². The number of pyridine rings is 1. The van der Waals surface area contributed by atoms with Gasteiger partial charge in [0.05, 0.1) is 12.8 Å². The molecule has 1 N–H and O–H groups in total. The Balaban J connectivity index is 1.71. The Hall–Kier alpha value is -3.94. The minimum Gasteiger partial charge on any atom is -0.505 e. The second kappa shape index (κ2) is 9.18. The van der Waals surface area contributed by atoms with Gasteiger partial charge in [-0.1, -0.05) is 53.7 Å². The zero-order valence-corrected chi connectivity index (χ0v) is 21.2. The number of benzene rings is 3. The lowest BCUT2D eigenvalue weighted by molar-refractivity contribution is 0.414. The summed E-state index contributed by atoms with van der Waals surface area (Å²) in [4.78, 5) is 27.8. The van der Waals surface area contributed by atoms with Crippen molar-refractivity contribution in [2.24, 2.45) is 0 Å². The first-order chi connectivity index (χ1) is 18.0. The molecule has 3 aromatic carbocycles. The molecule has 0 atom stereocenters. The predicted octanol–water partition coefficient (Wildman–Crippen LogP) is 6.23. The number of hydrogen-bond acceptors (Lipinski definition) is 6. The average molecular weight is 530 g/mol. The van der Waals surface area contributed by atoms with Crippen molar-refractivity contribution in [1.82, 2.24) is 4.57 Å². The van der Waals surface area contributed by atoms with Crippen LogP contribution >= 0.6 is 23.4 Å². The Morgan fingerprint density at radius 2 is 1.81 bits per heavy atom. The fourth-order valence-electron chi connectivity index (χ4n) is 4.83. The number of aromatic nitrogens is 1. The van der Waals surface area contributed by atoms with Gasteiger partial charge in [0.1, 0.15) is 16.0 Å². The molecule has 6 nitrogen and oxygen atoms in total. The Kier molecular flexibility index (Phi) is 5.82. The van der Waals surface area contributed by atoms with Crippen molar-refractivity contribution >= 4 is 34.3 Å². The number of aromatic hydroxyl groups is 1. The van der Waals surface area contributed by atoms with E-state index in [4.69, 9.17) is 20.8 Å². The summed E-state index contributed by atoms with van der Waals surface area (Å²) in [5, 5.41) is 11.8. The molecule has 0 radical (unpaired) electrons. The van der Waals surface area contributed by atoms with E-state index in [0.717, 1.165) is 22.9 Å². The molecule has 0 bridgehead atoms. The van der Waals surface area contributed by atoms with E-state index in [0.29, 0.717) is 45.5 Å². The zero-order valence-electron chi connectivity index (χ0n) is 19.7. The molecule has 0 saturated heterocycles. The second-order valence-electron chi connectivity index (χ2n) is 8.66. The number of halogens is 1. The van der Waals surface area contributed by atoms with E-state index in [9.17, 15) is 14.7 Å². The van der Waals surface area contributed by atoms with Crippen LogP contribution in [0.2, 0.25) is 5.02 Å². The number of aryl methyl sites for hydroxylation is 2. The summed E-state index contributed by atoms with van der Waals surface area (Å²) in [5.41, 5.74) is 2.73. The van der Waals surface area contributed by atoms with Gasteiger partial charge in [-0.3, -0.25) is 9.36 Å². The molecule has 0 saturated carbocycles. The molecule has 0 unspecified atom stereocenters. The molecule has 0 fully saturated rings. The fraction of sp³-hybridized carbons (Fsp3) is 0.103. The Morgan fingerprint density at radius 3 is 2.57 bits per heavy atom. The van der Waals surface area contributed by atoms with Crippen LogP contribution in [0.5, 0.6) is 11.5 Å². The monoisotopic (exact) mass is 529 g/mol. The van der Waals surface area contributed by atoms with Gasteiger partial charge < -0.3 is 14.3 Å². The highest BCUT2D eigenvalue weighted by Gasteiger charge is 2.30. The van der Waals surface area contributed by atoms with Crippen molar-refractivity contribution in [1.29, 1.82) is 0 Å². The summed E-state index contributed by atoms with van der Waals surface area (Å²) in [7, 11) is 1.59. The molecule has 2 aromatic heterocycles. The minimum absolute atomic E-state index is 0.0296. The third-order valence-electron chi connectivity index (χ3n) is 6.51. The SMILES string of the molecule is COc1ccc2c(c1)-c1c(c3oc(=O)c(Sc4cccc(Cl)c4)c(O)c3c(=O)n1-c1ccccc1)CC2. The lowest BCUT2D eigenvalue weighted by atomic mass is 9.87. The number of rotatable bonds is 4. The highest BCUT2D eigenvalue weighted by molar-refractivity contribution is 7.99. The van der Waals surface area contributed by atoms with Crippen molar-refractivity contribution < 1.29 is 14.3 Å². The first-order valence-corrected chi connectivity index (χ1v) is 12.8. The Bertz CT molecular complexity index is 1810. The number of nitrogens with zero attached hydrogens (tertiary/aromatic N) is 1. The van der Waals surface area contributed by atoms with Gasteiger partial charge in [-0.15, -0.1) is 0 Å². The molecule has 184 valence electrons. The maximum atomic E-state index is 14.1. The topological polar surface area (TPSA) is 81.7 Å². The Morgan fingerprint density at radius 1 is 1.00 bits per heavy atom. The third kappa shape index (κ3) is 3.91. The molecule has 0 amide bonds. The molecule has 8 heteroatoms. The largest absolute Gasteiger partial charge is 0.505 e. The van der Waals surface area contributed by atoms with E-state index in [-0.39, 0.29) is 15.9 Å². The molecular formula is C29H20ClNO5S. The van der Waals surface area contributed by atoms with Gasteiger partial charge in [-0.05, 0) is 60.9 Å². The lowest BCUT2D eigenvalue weighted by Crippen LogP contribution is -2.25. The maximum absolute atomic E-state index is 14.1. The van der Waals surface area contributed by atoms with Crippen molar-refractivity contribution in [3.05, 3.63) is 110 Å². The van der Waals surface area contributed by atoms with Crippen LogP contribution < -0.4 is 15.9 Å². The van der Waals surface area contributed by atoms with Crippen molar-refractivity contribution in [3.63, 3.8) is 0 Å². The van der Waals surface area contributed by atoms with Crippen LogP contribution in [0.1, 0.15) is 11.1 Å². The third-order valence-corrected chi connectivity index (χ3v) is 7.80. The number of hydrogen-bond donors (Lipinski definition) is 1. The highest BCUT2D eigenvalue weighted by atomic mass is 35.5. The molecule has 37 heavy (non-hydrogen) atoms. The summed E-state index contributed by atoms with van der Waals surface area (Å²) >= 11 is 7.11. The summed E-state index contributed by atoms with van der Waals surface area (Å²) in [6.07, 6.45) is 1.21. The van der Waals surface area contributed by atoms with Crippen molar-refractivity contribution in [2.75, 3.05) is 7.11 Å². The zero-order chi connectivity index (χ0) is 25.7. The van der Waals surface area contributed by atoms with Gasteiger partial charge in [-0.25, -0.2) is 4.79 Å². The lowest BCUT2D eigenvalue weighted by Gasteiger charge is -2.25. The Labute approximate surface area is 220 Å². The number of para-hydroxylation sites is 1. The van der Waals surface area contributed by atoms with Crippen LogP contribution in [-0.4, -0.2) is 16.8 Å². The van der Waals surface area contributed by atoms with Crippen LogP contribution in [0, 0.1) is 0 Å². The molecular weight excluding hydrogens is 510 g/mol. The summed E-state index contributed by atoms with van der Waals surface area (Å²) in [5.74, 6) is 0.251. The summed E-state index contributed by atoms with van der Waals surface area (Å²) < 4.78 is 12.9. The molecule has 1 aliphatic carbocycles. The van der Waals surface area contributed by atoms with Crippen LogP contribution in [0.25, 0.3) is 27.9 Å². The van der Waals surface area contributed by atoms with Gasteiger partial charge in [0, 0.05) is 26.7 Å². The highest BCUT2D eigenvalue weighted by Crippen LogP contribution is 2.42. The standard InChI is InChI=1S/C29H20ClNO5S/c1-35-19-12-10-16-11-13-21-24(22(16)15-19)31(18-7-3-2-4-8-18)28(33)23-25(32)27(29(34)36-26(21)23)37-20-9-5-6-17(30)14-20/h2-10,12,14-15,32H,11,13H2,1H3. The number of methoxy groups -OCH3 is 1. The molecule has 2 heterocycles. The molecule has 1 aliphatic rings. The van der Waals surface area contributed by atoms with Crippen LogP contribution in [0.4, 0.5) is 0 Å². The van der Waals surface area contributed by atoms with E-state index >= 15 is 0 Å². The van der Waals surface area contributed by atoms with Gasteiger partial charge in [-0.2, -0.15) is 0 Å². The first-order valence-electron chi connectivity index (χ1n) is 11.6. The average Bonchev–Trinajstić information content (AvgIpc) is 2.91. The normalized spacial score (nSPS) is 12.3. The first kappa shape index (κ1) is 23.5. The van der Waals surface area contributed by atoms with Crippen molar-refractivity contribution in [2.45, 2.75) is 22.6 Å². The summed E-state index contributed by atoms with van der Waals surface area (Å²) in [6.45, 7) is 0. The minimum atomic E-state index is -0.717. The maximum Gasteiger partial charge on any atom is 0.354 e. The fourth-order valence-corrected chi connectivity index (χ4v) is 5.98. The molecule has 0 aliphatic heterocycles. The predicted molar refractivity (Wildman–Crippen MR) is 145 cm³/mol. The van der Waals surface area contributed by atoms with E-state index in [2.05, 4.69) is 0 Å². The molecule has 6 rings (SSSR count). The van der Waals surface area contributed by atoms with E-state index in [1.165, 1.54) is 0 Å². The molecule has 0 spiro atoms.